The third-order valence-corrected chi connectivity index (χ3v) is 6.62. The molecule has 2 aromatic carbocycles. The molecule has 1 amide bonds. The predicted octanol–water partition coefficient (Wildman–Crippen LogP) is 1.20. The summed E-state index contributed by atoms with van der Waals surface area (Å²) in [6.07, 6.45) is 0.107. The maximum atomic E-state index is 13.3. The van der Waals surface area contributed by atoms with E-state index in [9.17, 15) is 13.2 Å². The van der Waals surface area contributed by atoms with Crippen LogP contribution in [-0.2, 0) is 21.2 Å². The second-order valence-electron chi connectivity index (χ2n) is 6.05. The molecule has 0 bridgehead atoms. The van der Waals surface area contributed by atoms with Crippen LogP contribution in [0.3, 0.4) is 0 Å². The molecule has 0 saturated heterocycles. The molecule has 0 unspecified atom stereocenters. The topological polar surface area (TPSA) is 145 Å². The van der Waals surface area contributed by atoms with E-state index in [-0.39, 0.29) is 35.8 Å². The second kappa shape index (κ2) is 10.3. The number of amides is 1. The highest BCUT2D eigenvalue weighted by atomic mass is 32.2. The van der Waals surface area contributed by atoms with Crippen molar-refractivity contribution >= 4 is 34.4 Å². The smallest absolute Gasteiger partial charge is 0.244 e. The Balaban J connectivity index is 2.39. The Morgan fingerprint density at radius 2 is 1.79 bits per heavy atom. The summed E-state index contributed by atoms with van der Waals surface area (Å²) in [4.78, 5) is 12.0. The lowest BCUT2D eigenvalue weighted by Gasteiger charge is -2.23. The minimum Gasteiger partial charge on any atom is -0.409 e. The van der Waals surface area contributed by atoms with E-state index in [0.717, 1.165) is 14.8 Å². The van der Waals surface area contributed by atoms with Crippen LogP contribution in [-0.4, -0.2) is 48.0 Å². The first-order chi connectivity index (χ1) is 13.8. The summed E-state index contributed by atoms with van der Waals surface area (Å²) >= 11 is 4.37. The number of oxime groups is 1. The number of hydrogen-bond donors (Lipinski definition) is 5. The first-order valence-electron chi connectivity index (χ1n) is 8.58. The van der Waals surface area contributed by atoms with Gasteiger partial charge < -0.3 is 10.9 Å². The highest BCUT2D eigenvalue weighted by Crippen LogP contribution is 2.22. The Bertz CT molecular complexity index is 995. The SMILES string of the molecule is NC(=NO)c1ccccc1S(=O)(=O)N(CCC(=O)NO)CCc1ccccc1S. The number of thiol groups is 1. The molecule has 5 N–H and O–H groups in total. The number of amidine groups is 1. The van der Waals surface area contributed by atoms with Gasteiger partial charge in [0.25, 0.3) is 0 Å². The van der Waals surface area contributed by atoms with Gasteiger partial charge in [0.2, 0.25) is 15.9 Å². The molecule has 11 heteroatoms. The van der Waals surface area contributed by atoms with Crippen LogP contribution in [0.5, 0.6) is 0 Å². The Morgan fingerprint density at radius 1 is 1.14 bits per heavy atom. The zero-order chi connectivity index (χ0) is 21.4. The lowest BCUT2D eigenvalue weighted by Crippen LogP contribution is -2.37. The Labute approximate surface area is 174 Å². The normalized spacial score (nSPS) is 12.2. The van der Waals surface area contributed by atoms with E-state index in [1.54, 1.807) is 12.1 Å². The zero-order valence-corrected chi connectivity index (χ0v) is 17.1. The van der Waals surface area contributed by atoms with Gasteiger partial charge in [-0.05, 0) is 30.2 Å². The molecule has 2 rings (SSSR count). The van der Waals surface area contributed by atoms with Crippen LogP contribution < -0.4 is 11.2 Å². The molecule has 0 fully saturated rings. The van der Waals surface area contributed by atoms with Gasteiger partial charge in [-0.2, -0.15) is 4.31 Å². The van der Waals surface area contributed by atoms with E-state index in [0.29, 0.717) is 6.42 Å². The van der Waals surface area contributed by atoms with E-state index in [1.165, 1.54) is 23.7 Å². The number of nitrogens with two attached hydrogens (primary N) is 1. The van der Waals surface area contributed by atoms with Gasteiger partial charge in [0.1, 0.15) is 0 Å². The number of benzene rings is 2. The molecule has 0 atom stereocenters. The fourth-order valence-corrected chi connectivity index (χ4v) is 4.61. The monoisotopic (exact) mass is 438 g/mol. The standard InChI is InChI=1S/C18H22N4O5S2/c19-18(21-25)14-6-2-4-8-16(14)29(26,27)22(12-10-17(23)20-24)11-9-13-5-1-3-7-15(13)28/h1-8,24-25,28H,9-12H2,(H2,19,21)(H,20,23). The Morgan fingerprint density at radius 3 is 2.45 bits per heavy atom. The fourth-order valence-electron chi connectivity index (χ4n) is 2.70. The first kappa shape index (κ1) is 22.7. The van der Waals surface area contributed by atoms with E-state index >= 15 is 0 Å². The summed E-state index contributed by atoms with van der Waals surface area (Å²) < 4.78 is 27.7. The van der Waals surface area contributed by atoms with Gasteiger partial charge >= 0.3 is 0 Å². The van der Waals surface area contributed by atoms with Crippen LogP contribution in [0, 0.1) is 0 Å². The zero-order valence-electron chi connectivity index (χ0n) is 15.4. The molecule has 0 aliphatic rings. The van der Waals surface area contributed by atoms with E-state index in [2.05, 4.69) is 17.8 Å². The van der Waals surface area contributed by atoms with Gasteiger partial charge in [-0.3, -0.25) is 10.0 Å². The van der Waals surface area contributed by atoms with Gasteiger partial charge in [-0.15, -0.1) is 12.6 Å². The molecular weight excluding hydrogens is 416 g/mol. The molecule has 0 aliphatic carbocycles. The average molecular weight is 439 g/mol. The lowest BCUT2D eigenvalue weighted by atomic mass is 10.1. The Kier molecular flexibility index (Phi) is 8.02. The summed E-state index contributed by atoms with van der Waals surface area (Å²) in [6.45, 7) is -0.114. The van der Waals surface area contributed by atoms with Crippen LogP contribution in [0.15, 0.2) is 63.5 Å². The largest absolute Gasteiger partial charge is 0.409 e. The van der Waals surface area contributed by atoms with Crippen molar-refractivity contribution in [1.82, 2.24) is 9.79 Å². The van der Waals surface area contributed by atoms with Crippen LogP contribution in [0.2, 0.25) is 0 Å². The highest BCUT2D eigenvalue weighted by molar-refractivity contribution is 7.89. The number of nitrogens with one attached hydrogen (secondary N) is 1. The first-order valence-corrected chi connectivity index (χ1v) is 10.5. The van der Waals surface area contributed by atoms with E-state index < -0.39 is 15.9 Å². The molecule has 0 radical (unpaired) electrons. The van der Waals surface area contributed by atoms with Gasteiger partial charge in [-0.1, -0.05) is 35.5 Å². The van der Waals surface area contributed by atoms with Crippen molar-refractivity contribution in [2.75, 3.05) is 13.1 Å². The predicted molar refractivity (Wildman–Crippen MR) is 110 cm³/mol. The molecule has 9 nitrogen and oxygen atoms in total. The average Bonchev–Trinajstić information content (AvgIpc) is 2.73. The van der Waals surface area contributed by atoms with Gasteiger partial charge in [0.15, 0.2) is 5.84 Å². The molecule has 0 spiro atoms. The number of hydroxylamine groups is 1. The molecule has 29 heavy (non-hydrogen) atoms. The van der Waals surface area contributed by atoms with Crippen LogP contribution in [0.1, 0.15) is 17.5 Å². The molecule has 0 aliphatic heterocycles. The van der Waals surface area contributed by atoms with Crippen molar-refractivity contribution in [2.45, 2.75) is 22.6 Å². The van der Waals surface area contributed by atoms with Crippen molar-refractivity contribution < 1.29 is 23.6 Å². The number of carbonyl (C=O) groups is 1. The minimum absolute atomic E-state index is 0.0428. The van der Waals surface area contributed by atoms with Gasteiger partial charge in [-0.25, -0.2) is 13.9 Å². The molecule has 0 heterocycles. The summed E-state index contributed by atoms with van der Waals surface area (Å²) in [6, 6.07) is 13.1. The van der Waals surface area contributed by atoms with Crippen molar-refractivity contribution in [2.24, 2.45) is 10.9 Å². The maximum Gasteiger partial charge on any atom is 0.244 e. The number of sulfonamides is 1. The third kappa shape index (κ3) is 5.70. The molecule has 2 aromatic rings. The summed E-state index contributed by atoms with van der Waals surface area (Å²) in [5, 5.41) is 20.6. The summed E-state index contributed by atoms with van der Waals surface area (Å²) in [7, 11) is -4.10. The van der Waals surface area contributed by atoms with Crippen molar-refractivity contribution in [1.29, 1.82) is 0 Å². The molecular formula is C18H22N4O5S2. The van der Waals surface area contributed by atoms with Crippen molar-refractivity contribution in [3.63, 3.8) is 0 Å². The minimum atomic E-state index is -4.10. The van der Waals surface area contributed by atoms with Gasteiger partial charge in [0.05, 0.1) is 4.90 Å². The molecule has 0 aromatic heterocycles. The number of carbonyl (C=O) groups excluding carboxylic acids is 1. The van der Waals surface area contributed by atoms with Crippen LogP contribution in [0.25, 0.3) is 0 Å². The fraction of sp³-hybridized carbons (Fsp3) is 0.222. The highest BCUT2D eigenvalue weighted by Gasteiger charge is 2.28. The number of rotatable bonds is 9. The maximum absolute atomic E-state index is 13.3. The van der Waals surface area contributed by atoms with Crippen LogP contribution in [0.4, 0.5) is 0 Å². The van der Waals surface area contributed by atoms with Crippen LogP contribution >= 0.6 is 12.6 Å². The van der Waals surface area contributed by atoms with E-state index in [4.69, 9.17) is 16.1 Å². The summed E-state index contributed by atoms with van der Waals surface area (Å²) in [5.41, 5.74) is 8.00. The lowest BCUT2D eigenvalue weighted by molar-refractivity contribution is -0.129. The molecule has 156 valence electrons. The number of nitrogens with zero attached hydrogens (tertiary/aromatic N) is 2. The van der Waals surface area contributed by atoms with E-state index in [1.807, 2.05) is 18.2 Å². The van der Waals surface area contributed by atoms with Crippen molar-refractivity contribution in [3.05, 3.63) is 59.7 Å². The Hall–Kier alpha value is -2.60. The number of hydrogen-bond acceptors (Lipinski definition) is 7. The quantitative estimate of drug-likeness (QED) is 0.0993. The van der Waals surface area contributed by atoms with Gasteiger partial charge in [0, 0.05) is 30.0 Å². The van der Waals surface area contributed by atoms with Crippen molar-refractivity contribution in [3.8, 4) is 0 Å². The second-order valence-corrected chi connectivity index (χ2v) is 8.44. The molecule has 0 saturated carbocycles. The third-order valence-electron chi connectivity index (χ3n) is 4.22. The summed E-state index contributed by atoms with van der Waals surface area (Å²) in [5.74, 6) is -1.07.